The predicted octanol–water partition coefficient (Wildman–Crippen LogP) is 3.56. The molecule has 0 aliphatic heterocycles. The van der Waals surface area contributed by atoms with E-state index in [1.165, 1.54) is 6.07 Å². The Morgan fingerprint density at radius 3 is 2.93 bits per heavy atom. The molecule has 0 aromatic heterocycles. The number of carbonyl (C=O) groups is 1. The molecule has 1 aliphatic carbocycles. The zero-order valence-corrected chi connectivity index (χ0v) is 8.57. The number of ketones is 1. The molecule has 1 aromatic rings. The van der Waals surface area contributed by atoms with Crippen LogP contribution in [0, 0.1) is 5.82 Å². The number of hydrogen-bond donors (Lipinski definition) is 0. The zero-order chi connectivity index (χ0) is 10.3. The first-order valence-corrected chi connectivity index (χ1v) is 5.00. The minimum atomic E-state index is -0.555. The van der Waals surface area contributed by atoms with E-state index in [1.54, 1.807) is 6.07 Å². The van der Waals surface area contributed by atoms with Crippen LogP contribution < -0.4 is 0 Å². The van der Waals surface area contributed by atoms with Gasteiger partial charge in [0.2, 0.25) is 0 Å². The molecule has 0 radical (unpaired) electrons. The van der Waals surface area contributed by atoms with Gasteiger partial charge >= 0.3 is 0 Å². The van der Waals surface area contributed by atoms with Crippen molar-refractivity contribution in [2.75, 3.05) is 0 Å². The minimum Gasteiger partial charge on any atom is -0.294 e. The minimum absolute atomic E-state index is 0.0335. The van der Waals surface area contributed by atoms with Crippen molar-refractivity contribution in [1.29, 1.82) is 0 Å². The molecule has 0 bridgehead atoms. The smallest absolute Gasteiger partial charge is 0.166 e. The van der Waals surface area contributed by atoms with Crippen LogP contribution in [0.1, 0.15) is 41.6 Å². The van der Waals surface area contributed by atoms with Crippen LogP contribution in [0.2, 0.25) is 5.02 Å². The van der Waals surface area contributed by atoms with Crippen molar-refractivity contribution >= 4 is 17.4 Å². The van der Waals surface area contributed by atoms with Crippen molar-refractivity contribution in [3.05, 3.63) is 34.1 Å². The lowest BCUT2D eigenvalue weighted by Gasteiger charge is -2.21. The fraction of sp³-hybridized carbons (Fsp3) is 0.364. The Kier molecular flexibility index (Phi) is 2.31. The lowest BCUT2D eigenvalue weighted by Crippen LogP contribution is -2.16. The van der Waals surface area contributed by atoms with Crippen LogP contribution in [-0.4, -0.2) is 5.78 Å². The monoisotopic (exact) mass is 212 g/mol. The van der Waals surface area contributed by atoms with E-state index in [0.29, 0.717) is 6.42 Å². The van der Waals surface area contributed by atoms with E-state index in [1.807, 2.05) is 6.92 Å². The molecule has 1 aliphatic rings. The Morgan fingerprint density at radius 1 is 1.50 bits per heavy atom. The van der Waals surface area contributed by atoms with Gasteiger partial charge in [0.1, 0.15) is 0 Å². The average molecular weight is 213 g/mol. The highest BCUT2D eigenvalue weighted by Gasteiger charge is 2.26. The van der Waals surface area contributed by atoms with Crippen molar-refractivity contribution < 1.29 is 9.18 Å². The van der Waals surface area contributed by atoms with Crippen LogP contribution in [0.25, 0.3) is 0 Å². The van der Waals surface area contributed by atoms with Crippen LogP contribution in [0.4, 0.5) is 4.39 Å². The summed E-state index contributed by atoms with van der Waals surface area (Å²) in [7, 11) is 0. The van der Waals surface area contributed by atoms with E-state index in [9.17, 15) is 9.18 Å². The molecule has 0 spiro atoms. The molecule has 1 aromatic carbocycles. The summed E-state index contributed by atoms with van der Waals surface area (Å²) in [6.45, 7) is 2.00. The molecule has 0 heterocycles. The molecule has 14 heavy (non-hydrogen) atoms. The topological polar surface area (TPSA) is 17.1 Å². The lowest BCUT2D eigenvalue weighted by molar-refractivity contribution is 0.0963. The quantitative estimate of drug-likeness (QED) is 0.643. The predicted molar refractivity (Wildman–Crippen MR) is 53.4 cm³/mol. The normalized spacial score (nSPS) is 20.8. The van der Waals surface area contributed by atoms with E-state index in [4.69, 9.17) is 11.6 Å². The second-order valence-corrected chi connectivity index (χ2v) is 4.10. The van der Waals surface area contributed by atoms with E-state index < -0.39 is 5.82 Å². The maximum Gasteiger partial charge on any atom is 0.166 e. The van der Waals surface area contributed by atoms with Crippen molar-refractivity contribution in [2.45, 2.75) is 25.7 Å². The Morgan fingerprint density at radius 2 is 2.21 bits per heavy atom. The van der Waals surface area contributed by atoms with Gasteiger partial charge in [0.15, 0.2) is 11.6 Å². The van der Waals surface area contributed by atoms with Gasteiger partial charge in [-0.3, -0.25) is 4.79 Å². The van der Waals surface area contributed by atoms with Crippen molar-refractivity contribution in [2.24, 2.45) is 0 Å². The van der Waals surface area contributed by atoms with Crippen LogP contribution in [-0.2, 0) is 0 Å². The van der Waals surface area contributed by atoms with Crippen LogP contribution in [0.5, 0.6) is 0 Å². The van der Waals surface area contributed by atoms with E-state index in [2.05, 4.69) is 0 Å². The van der Waals surface area contributed by atoms with Gasteiger partial charge in [0.25, 0.3) is 0 Å². The van der Waals surface area contributed by atoms with Gasteiger partial charge in [-0.1, -0.05) is 24.6 Å². The van der Waals surface area contributed by atoms with Gasteiger partial charge in [-0.15, -0.1) is 0 Å². The van der Waals surface area contributed by atoms with Crippen molar-refractivity contribution in [3.63, 3.8) is 0 Å². The second kappa shape index (κ2) is 3.35. The highest BCUT2D eigenvalue weighted by atomic mass is 35.5. The van der Waals surface area contributed by atoms with E-state index in [-0.39, 0.29) is 22.3 Å². The van der Waals surface area contributed by atoms with Gasteiger partial charge in [0, 0.05) is 6.42 Å². The van der Waals surface area contributed by atoms with Crippen LogP contribution in [0.3, 0.4) is 0 Å². The first kappa shape index (κ1) is 9.66. The largest absolute Gasteiger partial charge is 0.294 e. The molecule has 1 atom stereocenters. The fourth-order valence-electron chi connectivity index (χ4n) is 1.89. The number of halogens is 2. The van der Waals surface area contributed by atoms with Gasteiger partial charge in [0.05, 0.1) is 10.6 Å². The summed E-state index contributed by atoms with van der Waals surface area (Å²) in [5, 5.41) is 0.0335. The van der Waals surface area contributed by atoms with Gasteiger partial charge in [-0.05, 0) is 24.0 Å². The molecule has 3 heteroatoms. The molecule has 1 unspecified atom stereocenters. The van der Waals surface area contributed by atoms with Gasteiger partial charge in [-0.2, -0.15) is 0 Å². The summed E-state index contributed by atoms with van der Waals surface area (Å²) < 4.78 is 13.6. The van der Waals surface area contributed by atoms with Crippen molar-refractivity contribution in [1.82, 2.24) is 0 Å². The lowest BCUT2D eigenvalue weighted by atomic mass is 9.83. The number of Topliss-reactive ketones (excluding diaryl/α,β-unsaturated/α-hetero) is 1. The molecular weight excluding hydrogens is 203 g/mol. The third-order valence-electron chi connectivity index (χ3n) is 2.74. The Hall–Kier alpha value is -0.890. The summed E-state index contributed by atoms with van der Waals surface area (Å²) in [6, 6.07) is 3.27. The Bertz CT molecular complexity index is 401. The summed E-state index contributed by atoms with van der Waals surface area (Å²) >= 11 is 5.63. The van der Waals surface area contributed by atoms with Gasteiger partial charge < -0.3 is 0 Å². The Labute approximate surface area is 86.9 Å². The first-order chi connectivity index (χ1) is 6.61. The summed E-state index contributed by atoms with van der Waals surface area (Å²) in [5.74, 6) is -0.437. The highest BCUT2D eigenvalue weighted by molar-refractivity contribution is 6.31. The molecule has 0 fully saturated rings. The number of carbonyl (C=O) groups excluding carboxylic acids is 1. The fourth-order valence-corrected chi connectivity index (χ4v) is 2.05. The van der Waals surface area contributed by atoms with E-state index in [0.717, 1.165) is 12.0 Å². The molecule has 0 saturated heterocycles. The van der Waals surface area contributed by atoms with E-state index >= 15 is 0 Å². The molecular formula is C11H10ClFO. The summed E-state index contributed by atoms with van der Waals surface area (Å²) in [5.41, 5.74) is 0.999. The molecule has 0 saturated carbocycles. The summed E-state index contributed by atoms with van der Waals surface area (Å²) in [6.07, 6.45) is 1.22. The standard InChI is InChI=1S/C11H10ClFO/c1-6-2-5-9(14)10-7(6)3-4-8(12)11(10)13/h3-4,6H,2,5H2,1H3. The molecule has 0 amide bonds. The molecule has 74 valence electrons. The number of rotatable bonds is 0. The molecule has 2 rings (SSSR count). The zero-order valence-electron chi connectivity index (χ0n) is 7.81. The maximum absolute atomic E-state index is 13.6. The maximum atomic E-state index is 13.6. The SMILES string of the molecule is CC1CCC(=O)c2c1ccc(Cl)c2F. The molecule has 0 N–H and O–H groups in total. The van der Waals surface area contributed by atoms with Crippen LogP contribution in [0.15, 0.2) is 12.1 Å². The number of fused-ring (bicyclic) bond motifs is 1. The highest BCUT2D eigenvalue weighted by Crippen LogP contribution is 2.34. The van der Waals surface area contributed by atoms with Crippen LogP contribution >= 0.6 is 11.6 Å². The van der Waals surface area contributed by atoms with Crippen molar-refractivity contribution in [3.8, 4) is 0 Å². The Balaban J connectivity index is 2.67. The second-order valence-electron chi connectivity index (χ2n) is 3.69. The number of benzene rings is 1. The first-order valence-electron chi connectivity index (χ1n) is 4.62. The average Bonchev–Trinajstić information content (AvgIpc) is 2.16. The van der Waals surface area contributed by atoms with Gasteiger partial charge in [-0.25, -0.2) is 4.39 Å². The third kappa shape index (κ3) is 1.34. The molecule has 1 nitrogen and oxygen atoms in total. The third-order valence-corrected chi connectivity index (χ3v) is 3.03. The number of hydrogen-bond acceptors (Lipinski definition) is 1. The summed E-state index contributed by atoms with van der Waals surface area (Å²) in [4.78, 5) is 11.5.